The summed E-state index contributed by atoms with van der Waals surface area (Å²) in [4.78, 5) is 26.1. The Bertz CT molecular complexity index is 798. The molecule has 0 aliphatic heterocycles. The van der Waals surface area contributed by atoms with Crippen LogP contribution in [0.4, 0.5) is 5.69 Å². The summed E-state index contributed by atoms with van der Waals surface area (Å²) in [5.74, 6) is 0.268. The number of carbonyl (C=O) groups excluding carboxylic acids is 2. The van der Waals surface area contributed by atoms with E-state index in [0.717, 1.165) is 24.2 Å². The Morgan fingerprint density at radius 2 is 1.78 bits per heavy atom. The van der Waals surface area contributed by atoms with Crippen LogP contribution in [0.15, 0.2) is 48.5 Å². The highest BCUT2D eigenvalue weighted by Crippen LogP contribution is 2.31. The van der Waals surface area contributed by atoms with Crippen LogP contribution >= 0.6 is 0 Å². The molecule has 0 bridgehead atoms. The van der Waals surface area contributed by atoms with Crippen molar-refractivity contribution >= 4 is 17.5 Å². The highest BCUT2D eigenvalue weighted by molar-refractivity contribution is 5.96. The van der Waals surface area contributed by atoms with Crippen LogP contribution in [0.25, 0.3) is 0 Å². The minimum atomic E-state index is -0.486. The lowest BCUT2D eigenvalue weighted by Crippen LogP contribution is -2.43. The molecule has 2 aromatic rings. The second-order valence-electron chi connectivity index (χ2n) is 6.86. The Morgan fingerprint density at radius 3 is 2.30 bits per heavy atom. The van der Waals surface area contributed by atoms with Crippen molar-refractivity contribution in [2.45, 2.75) is 38.4 Å². The van der Waals surface area contributed by atoms with Crippen LogP contribution in [0.2, 0.25) is 0 Å². The predicted molar refractivity (Wildman–Crippen MR) is 105 cm³/mol. The maximum absolute atomic E-state index is 12.7. The summed E-state index contributed by atoms with van der Waals surface area (Å²) < 4.78 is 5.20. The number of hydrogen-bond donors (Lipinski definition) is 2. The fourth-order valence-corrected chi connectivity index (χ4v) is 3.05. The van der Waals surface area contributed by atoms with Gasteiger partial charge in [-0.2, -0.15) is 0 Å². The summed E-state index contributed by atoms with van der Waals surface area (Å²) in [6.45, 7) is 2.64. The highest BCUT2D eigenvalue weighted by atomic mass is 16.5. The summed E-state index contributed by atoms with van der Waals surface area (Å²) in [5, 5.41) is 2.92. The van der Waals surface area contributed by atoms with Crippen molar-refractivity contribution in [2.24, 2.45) is 5.73 Å². The Labute approximate surface area is 159 Å². The number of hydrogen-bond acceptors (Lipinski definition) is 4. The van der Waals surface area contributed by atoms with E-state index in [1.54, 1.807) is 31.4 Å². The van der Waals surface area contributed by atoms with Crippen molar-refractivity contribution in [1.82, 2.24) is 4.90 Å². The van der Waals surface area contributed by atoms with Gasteiger partial charge in [0.05, 0.1) is 13.2 Å². The topological polar surface area (TPSA) is 84.7 Å². The van der Waals surface area contributed by atoms with Crippen LogP contribution in [0, 0.1) is 0 Å². The fraction of sp³-hybridized carbons (Fsp3) is 0.333. The van der Waals surface area contributed by atoms with Crippen molar-refractivity contribution in [3.8, 4) is 5.75 Å². The molecule has 0 radical (unpaired) electrons. The third-order valence-corrected chi connectivity index (χ3v) is 4.85. The van der Waals surface area contributed by atoms with E-state index >= 15 is 0 Å². The molecule has 3 rings (SSSR count). The number of anilines is 1. The van der Waals surface area contributed by atoms with Gasteiger partial charge in [0.25, 0.3) is 0 Å². The molecular formula is C21H25N3O3. The van der Waals surface area contributed by atoms with Gasteiger partial charge in [-0.3, -0.25) is 14.5 Å². The average molecular weight is 367 g/mol. The SMILES string of the molecule is COc1ccc(CN(C2CC2)[C@H](C)C(=O)Nc2ccc(C(N)=O)cc2)cc1. The number of nitrogens with one attached hydrogen (secondary N) is 1. The third kappa shape index (κ3) is 4.86. The first-order chi connectivity index (χ1) is 13.0. The standard InChI is InChI=1S/C21H25N3O3/c1-14(21(26)23-17-7-5-16(6-8-17)20(22)25)24(18-9-10-18)13-15-3-11-19(27-2)12-4-15/h3-8,11-12,14,18H,9-10,13H2,1-2H3,(H2,22,25)(H,23,26)/t14-/m1/s1. The maximum atomic E-state index is 12.7. The zero-order valence-electron chi connectivity index (χ0n) is 15.6. The zero-order chi connectivity index (χ0) is 19.4. The van der Waals surface area contributed by atoms with E-state index in [1.165, 1.54) is 0 Å². The smallest absolute Gasteiger partial charge is 0.248 e. The lowest BCUT2D eigenvalue weighted by molar-refractivity contribution is -0.121. The summed E-state index contributed by atoms with van der Waals surface area (Å²) in [6.07, 6.45) is 2.22. The van der Waals surface area contributed by atoms with E-state index < -0.39 is 5.91 Å². The van der Waals surface area contributed by atoms with Gasteiger partial charge in [0.15, 0.2) is 0 Å². The van der Waals surface area contributed by atoms with Crippen molar-refractivity contribution in [3.63, 3.8) is 0 Å². The van der Waals surface area contributed by atoms with E-state index in [1.807, 2.05) is 31.2 Å². The van der Waals surface area contributed by atoms with E-state index in [4.69, 9.17) is 10.5 Å². The van der Waals surface area contributed by atoms with Gasteiger partial charge in [-0.05, 0) is 61.7 Å². The van der Waals surface area contributed by atoms with Gasteiger partial charge in [-0.15, -0.1) is 0 Å². The molecular weight excluding hydrogens is 342 g/mol. The molecule has 1 saturated carbocycles. The quantitative estimate of drug-likeness (QED) is 0.751. The predicted octanol–water partition coefficient (Wildman–Crippen LogP) is 2.79. The van der Waals surface area contributed by atoms with E-state index in [-0.39, 0.29) is 11.9 Å². The molecule has 3 N–H and O–H groups in total. The summed E-state index contributed by atoms with van der Waals surface area (Å²) in [6, 6.07) is 14.7. The first-order valence-electron chi connectivity index (χ1n) is 9.07. The number of carbonyl (C=O) groups is 2. The zero-order valence-corrected chi connectivity index (χ0v) is 15.6. The Hall–Kier alpha value is -2.86. The fourth-order valence-electron chi connectivity index (χ4n) is 3.05. The number of benzene rings is 2. The van der Waals surface area contributed by atoms with Crippen LogP contribution in [0.1, 0.15) is 35.7 Å². The molecule has 0 saturated heterocycles. The van der Waals surface area contributed by atoms with Crippen molar-refractivity contribution < 1.29 is 14.3 Å². The number of nitrogens with two attached hydrogens (primary N) is 1. The molecule has 0 unspecified atom stereocenters. The lowest BCUT2D eigenvalue weighted by Gasteiger charge is -2.28. The van der Waals surface area contributed by atoms with Crippen LogP contribution < -0.4 is 15.8 Å². The Balaban J connectivity index is 1.65. The molecule has 1 aliphatic carbocycles. The molecule has 6 heteroatoms. The number of methoxy groups -OCH3 is 1. The second kappa shape index (κ2) is 8.22. The van der Waals surface area contributed by atoms with Crippen molar-refractivity contribution in [3.05, 3.63) is 59.7 Å². The van der Waals surface area contributed by atoms with Crippen molar-refractivity contribution in [1.29, 1.82) is 0 Å². The first kappa shape index (κ1) is 18.9. The summed E-state index contributed by atoms with van der Waals surface area (Å²) in [5.41, 5.74) is 7.46. The Kier molecular flexibility index (Phi) is 5.76. The van der Waals surface area contributed by atoms with Gasteiger partial charge < -0.3 is 15.8 Å². The van der Waals surface area contributed by atoms with Crippen molar-refractivity contribution in [2.75, 3.05) is 12.4 Å². The number of ether oxygens (including phenoxy) is 1. The highest BCUT2D eigenvalue weighted by Gasteiger charge is 2.35. The van der Waals surface area contributed by atoms with Gasteiger partial charge >= 0.3 is 0 Å². The molecule has 0 aromatic heterocycles. The monoisotopic (exact) mass is 367 g/mol. The molecule has 0 heterocycles. The van der Waals surface area contributed by atoms with E-state index in [9.17, 15) is 9.59 Å². The van der Waals surface area contributed by atoms with Gasteiger partial charge in [-0.25, -0.2) is 0 Å². The van der Waals surface area contributed by atoms with Crippen LogP contribution in [0.3, 0.4) is 0 Å². The Morgan fingerprint density at radius 1 is 1.15 bits per heavy atom. The molecule has 6 nitrogen and oxygen atoms in total. The molecule has 2 aromatic carbocycles. The van der Waals surface area contributed by atoms with Gasteiger partial charge in [0, 0.05) is 23.8 Å². The van der Waals surface area contributed by atoms with Crippen LogP contribution in [-0.2, 0) is 11.3 Å². The summed E-state index contributed by atoms with van der Waals surface area (Å²) >= 11 is 0. The molecule has 142 valence electrons. The number of primary amides is 1. The molecule has 1 fully saturated rings. The van der Waals surface area contributed by atoms with Gasteiger partial charge in [-0.1, -0.05) is 12.1 Å². The molecule has 2 amide bonds. The van der Waals surface area contributed by atoms with Crippen LogP contribution in [-0.4, -0.2) is 35.9 Å². The van der Waals surface area contributed by atoms with E-state index in [0.29, 0.717) is 23.8 Å². The minimum Gasteiger partial charge on any atom is -0.497 e. The second-order valence-corrected chi connectivity index (χ2v) is 6.86. The van der Waals surface area contributed by atoms with Gasteiger partial charge in [0.2, 0.25) is 11.8 Å². The number of rotatable bonds is 8. The molecule has 1 aliphatic rings. The normalized spacial score (nSPS) is 14.6. The average Bonchev–Trinajstić information content (AvgIpc) is 3.51. The molecule has 1 atom stereocenters. The largest absolute Gasteiger partial charge is 0.497 e. The number of nitrogens with zero attached hydrogens (tertiary/aromatic N) is 1. The molecule has 0 spiro atoms. The van der Waals surface area contributed by atoms with E-state index in [2.05, 4.69) is 10.2 Å². The number of amides is 2. The van der Waals surface area contributed by atoms with Crippen LogP contribution in [0.5, 0.6) is 5.75 Å². The lowest BCUT2D eigenvalue weighted by atomic mass is 10.1. The summed E-state index contributed by atoms with van der Waals surface area (Å²) in [7, 11) is 1.65. The third-order valence-electron chi connectivity index (χ3n) is 4.85. The first-order valence-corrected chi connectivity index (χ1v) is 9.07. The molecule has 27 heavy (non-hydrogen) atoms. The minimum absolute atomic E-state index is 0.0674. The maximum Gasteiger partial charge on any atom is 0.248 e. The van der Waals surface area contributed by atoms with Gasteiger partial charge in [0.1, 0.15) is 5.75 Å².